The topological polar surface area (TPSA) is 85.3 Å². The molecule has 0 unspecified atom stereocenters. The molecule has 1 amide bonds. The summed E-state index contributed by atoms with van der Waals surface area (Å²) in [6, 6.07) is 7.13. The first-order valence-corrected chi connectivity index (χ1v) is 11.2. The van der Waals surface area contributed by atoms with E-state index in [4.69, 9.17) is 9.47 Å². The summed E-state index contributed by atoms with van der Waals surface area (Å²) in [6.45, 7) is 0.577. The highest BCUT2D eigenvalue weighted by Crippen LogP contribution is 2.43. The van der Waals surface area contributed by atoms with Crippen LogP contribution in [0.4, 0.5) is 5.69 Å². The van der Waals surface area contributed by atoms with E-state index in [2.05, 4.69) is 4.99 Å². The number of para-hydroxylation sites is 2. The Hall–Kier alpha value is -1.58. The Morgan fingerprint density at radius 2 is 2.15 bits per heavy atom. The molecular formula is C17H20N2O5S2. The van der Waals surface area contributed by atoms with Crippen LogP contribution in [0.5, 0.6) is 5.75 Å². The van der Waals surface area contributed by atoms with Gasteiger partial charge in [-0.2, -0.15) is 4.99 Å². The molecule has 7 nitrogen and oxygen atoms in total. The molecule has 0 aromatic heterocycles. The van der Waals surface area contributed by atoms with Crippen molar-refractivity contribution in [1.29, 1.82) is 0 Å². The quantitative estimate of drug-likeness (QED) is 0.765. The third-order valence-electron chi connectivity index (χ3n) is 4.82. The molecule has 0 spiro atoms. The monoisotopic (exact) mass is 396 g/mol. The molecule has 1 aromatic rings. The third kappa shape index (κ3) is 3.23. The van der Waals surface area contributed by atoms with Crippen molar-refractivity contribution in [2.45, 2.75) is 30.2 Å². The number of aliphatic imine (C=N–C) groups is 1. The number of hydrogen-bond donors (Lipinski definition) is 0. The highest BCUT2D eigenvalue weighted by atomic mass is 32.2. The van der Waals surface area contributed by atoms with Crippen LogP contribution in [-0.4, -0.2) is 62.1 Å². The second-order valence-electron chi connectivity index (χ2n) is 6.58. The van der Waals surface area contributed by atoms with Gasteiger partial charge in [0.1, 0.15) is 11.9 Å². The smallest absolute Gasteiger partial charge is 0.277 e. The van der Waals surface area contributed by atoms with Crippen molar-refractivity contribution >= 4 is 38.4 Å². The lowest BCUT2D eigenvalue weighted by atomic mass is 10.2. The number of sulfone groups is 1. The fourth-order valence-corrected chi connectivity index (χ4v) is 7.53. The Balaban J connectivity index is 1.72. The second-order valence-corrected chi connectivity index (χ2v) is 9.94. The van der Waals surface area contributed by atoms with Crippen molar-refractivity contribution in [3.8, 4) is 5.75 Å². The zero-order valence-electron chi connectivity index (χ0n) is 14.3. The van der Waals surface area contributed by atoms with Crippen LogP contribution in [0.1, 0.15) is 12.8 Å². The highest BCUT2D eigenvalue weighted by molar-refractivity contribution is 8.16. The van der Waals surface area contributed by atoms with Crippen LogP contribution in [0, 0.1) is 0 Å². The lowest BCUT2D eigenvalue weighted by molar-refractivity contribution is -0.126. The number of thioether (sulfide) groups is 1. The summed E-state index contributed by atoms with van der Waals surface area (Å²) in [5, 5.41) is 0.390. The number of hydrogen-bond acceptors (Lipinski definition) is 6. The van der Waals surface area contributed by atoms with E-state index < -0.39 is 15.9 Å². The van der Waals surface area contributed by atoms with E-state index in [9.17, 15) is 13.2 Å². The first-order valence-electron chi connectivity index (χ1n) is 8.52. The zero-order valence-corrected chi connectivity index (χ0v) is 16.0. The third-order valence-corrected chi connectivity index (χ3v) is 8.03. The lowest BCUT2D eigenvalue weighted by Gasteiger charge is -2.26. The standard InChI is InChI=1S/C17H20N2O5S2/c1-23-13-6-3-2-5-11(13)19-12-9-26(21,22)10-15(12)25-17(19)18-16(20)14-7-4-8-24-14/h2-3,5-6,12,14-15H,4,7-10H2,1H3/t12-,14-,15+/m0/s1. The molecule has 0 radical (unpaired) electrons. The maximum absolute atomic E-state index is 12.5. The van der Waals surface area contributed by atoms with Gasteiger partial charge in [-0.05, 0) is 25.0 Å². The highest BCUT2D eigenvalue weighted by Gasteiger charge is 2.50. The number of methoxy groups -OCH3 is 1. The molecule has 140 valence electrons. The summed E-state index contributed by atoms with van der Waals surface area (Å²) in [7, 11) is -1.53. The van der Waals surface area contributed by atoms with E-state index in [1.165, 1.54) is 11.8 Å². The van der Waals surface area contributed by atoms with E-state index >= 15 is 0 Å². The predicted octanol–water partition coefficient (Wildman–Crippen LogP) is 1.48. The number of benzene rings is 1. The summed E-state index contributed by atoms with van der Waals surface area (Å²) < 4.78 is 35.1. The number of amidine groups is 1. The molecule has 4 rings (SSSR count). The van der Waals surface area contributed by atoms with Gasteiger partial charge >= 0.3 is 0 Å². The van der Waals surface area contributed by atoms with Crippen LogP contribution in [0.2, 0.25) is 0 Å². The summed E-state index contributed by atoms with van der Waals surface area (Å²) >= 11 is 1.36. The lowest BCUT2D eigenvalue weighted by Crippen LogP contribution is -2.38. The van der Waals surface area contributed by atoms with Gasteiger partial charge in [0.25, 0.3) is 5.91 Å². The van der Waals surface area contributed by atoms with Crippen LogP contribution in [-0.2, 0) is 19.4 Å². The van der Waals surface area contributed by atoms with E-state index in [-0.39, 0.29) is 28.7 Å². The summed E-state index contributed by atoms with van der Waals surface area (Å²) in [5.74, 6) is 0.472. The molecule has 26 heavy (non-hydrogen) atoms. The minimum Gasteiger partial charge on any atom is -0.495 e. The molecule has 9 heteroatoms. The Morgan fingerprint density at radius 3 is 2.88 bits per heavy atom. The Labute approximate surface area is 156 Å². The molecule has 3 fully saturated rings. The van der Waals surface area contributed by atoms with Gasteiger partial charge in [0, 0.05) is 11.9 Å². The number of anilines is 1. The second kappa shape index (κ2) is 6.86. The molecule has 0 aliphatic carbocycles. The van der Waals surface area contributed by atoms with Crippen molar-refractivity contribution in [1.82, 2.24) is 0 Å². The van der Waals surface area contributed by atoms with Gasteiger partial charge in [0.05, 0.1) is 30.3 Å². The normalized spacial score (nSPS) is 31.3. The molecule has 0 N–H and O–H groups in total. The summed E-state index contributed by atoms with van der Waals surface area (Å²) in [4.78, 5) is 18.6. The van der Waals surface area contributed by atoms with Crippen molar-refractivity contribution in [2.24, 2.45) is 4.99 Å². The van der Waals surface area contributed by atoms with E-state index in [1.54, 1.807) is 7.11 Å². The number of carbonyl (C=O) groups excluding carboxylic acids is 1. The van der Waals surface area contributed by atoms with Gasteiger partial charge in [-0.25, -0.2) is 8.42 Å². The van der Waals surface area contributed by atoms with Gasteiger partial charge in [-0.15, -0.1) is 0 Å². The van der Waals surface area contributed by atoms with Gasteiger partial charge in [-0.3, -0.25) is 4.79 Å². The summed E-state index contributed by atoms with van der Waals surface area (Å²) in [5.41, 5.74) is 0.728. The van der Waals surface area contributed by atoms with E-state index in [1.807, 2.05) is 29.2 Å². The molecule has 1 aromatic carbocycles. The number of amides is 1. The van der Waals surface area contributed by atoms with Crippen LogP contribution >= 0.6 is 11.8 Å². The fraction of sp³-hybridized carbons (Fsp3) is 0.529. The Kier molecular flexibility index (Phi) is 4.70. The predicted molar refractivity (Wildman–Crippen MR) is 101 cm³/mol. The fourth-order valence-electron chi connectivity index (χ4n) is 3.61. The maximum atomic E-state index is 12.5. The van der Waals surface area contributed by atoms with Crippen molar-refractivity contribution in [2.75, 3.05) is 30.1 Å². The number of ether oxygens (including phenoxy) is 2. The number of rotatable bonds is 3. The average Bonchev–Trinajstić information content (AvgIpc) is 3.29. The van der Waals surface area contributed by atoms with Gasteiger partial charge < -0.3 is 14.4 Å². The molecule has 3 aliphatic rings. The minimum atomic E-state index is -3.10. The SMILES string of the molecule is COc1ccccc1N1C(=NC(=O)[C@@H]2CCCO2)S[C@@H]2CS(=O)(=O)C[C@@H]21. The molecule has 3 aliphatic heterocycles. The zero-order chi connectivity index (χ0) is 18.3. The van der Waals surface area contributed by atoms with Gasteiger partial charge in [0.15, 0.2) is 15.0 Å². The summed E-state index contributed by atoms with van der Waals surface area (Å²) in [6.07, 6.45) is 1.04. The van der Waals surface area contributed by atoms with Crippen LogP contribution in [0.15, 0.2) is 29.3 Å². The average molecular weight is 396 g/mol. The first kappa shape index (κ1) is 17.8. The van der Waals surface area contributed by atoms with Crippen LogP contribution in [0.3, 0.4) is 0 Å². The minimum absolute atomic E-state index is 0.0514. The van der Waals surface area contributed by atoms with E-state index in [0.717, 1.165) is 12.1 Å². The molecule has 3 heterocycles. The van der Waals surface area contributed by atoms with Crippen molar-refractivity contribution in [3.05, 3.63) is 24.3 Å². The first-order chi connectivity index (χ1) is 12.5. The molecular weight excluding hydrogens is 376 g/mol. The molecule has 3 saturated heterocycles. The Bertz CT molecular complexity index is 848. The molecule has 0 saturated carbocycles. The number of fused-ring (bicyclic) bond motifs is 1. The number of nitrogens with zero attached hydrogens (tertiary/aromatic N) is 2. The van der Waals surface area contributed by atoms with Crippen LogP contribution < -0.4 is 9.64 Å². The maximum Gasteiger partial charge on any atom is 0.277 e. The van der Waals surface area contributed by atoms with Crippen molar-refractivity contribution < 1.29 is 22.7 Å². The largest absolute Gasteiger partial charge is 0.495 e. The molecule has 3 atom stereocenters. The van der Waals surface area contributed by atoms with Gasteiger partial charge in [0.2, 0.25) is 0 Å². The van der Waals surface area contributed by atoms with E-state index in [0.29, 0.717) is 23.9 Å². The Morgan fingerprint density at radius 1 is 1.35 bits per heavy atom. The van der Waals surface area contributed by atoms with Crippen LogP contribution in [0.25, 0.3) is 0 Å². The molecule has 0 bridgehead atoms. The number of carbonyl (C=O) groups is 1. The van der Waals surface area contributed by atoms with Crippen molar-refractivity contribution in [3.63, 3.8) is 0 Å². The van der Waals surface area contributed by atoms with Gasteiger partial charge in [-0.1, -0.05) is 23.9 Å².